The summed E-state index contributed by atoms with van der Waals surface area (Å²) in [5, 5.41) is 0. The quantitative estimate of drug-likeness (QED) is 0.191. The number of rotatable bonds is 9. The van der Waals surface area contributed by atoms with Crippen molar-refractivity contribution >= 4 is 11.4 Å². The number of para-hydroxylation sites is 1. The summed E-state index contributed by atoms with van der Waals surface area (Å²) in [6, 6.07) is 49.1. The second-order valence-corrected chi connectivity index (χ2v) is 9.04. The van der Waals surface area contributed by atoms with Gasteiger partial charge >= 0.3 is 0 Å². The fraction of sp³-hybridized carbons (Fsp3) is 0.0556. The molecule has 180 valence electrons. The predicted molar refractivity (Wildman–Crippen MR) is 159 cm³/mol. The maximum atomic E-state index is 4.07. The molecule has 1 nitrogen and oxygen atoms in total. The Morgan fingerprint density at radius 1 is 0.541 bits per heavy atom. The average molecular weight is 478 g/mol. The number of benzene rings is 5. The maximum absolute atomic E-state index is 4.07. The topological polar surface area (TPSA) is 3.24 Å². The van der Waals surface area contributed by atoms with E-state index in [1.54, 1.807) is 0 Å². The van der Waals surface area contributed by atoms with Gasteiger partial charge < -0.3 is 4.90 Å². The van der Waals surface area contributed by atoms with Gasteiger partial charge in [-0.1, -0.05) is 127 Å². The molecule has 0 N–H and O–H groups in total. The van der Waals surface area contributed by atoms with Crippen molar-refractivity contribution < 1.29 is 0 Å². The Morgan fingerprint density at radius 2 is 1.03 bits per heavy atom. The normalized spacial score (nSPS) is 11.8. The van der Waals surface area contributed by atoms with E-state index in [1.165, 1.54) is 27.8 Å². The van der Waals surface area contributed by atoms with E-state index >= 15 is 0 Å². The summed E-state index contributed by atoms with van der Waals surface area (Å²) in [5.41, 5.74) is 8.45. The summed E-state index contributed by atoms with van der Waals surface area (Å²) in [5.74, 6) is 0.284. The molecule has 0 radical (unpaired) electrons. The molecular formula is C36H31N. The van der Waals surface area contributed by atoms with Gasteiger partial charge in [-0.05, 0) is 58.5 Å². The molecule has 5 rings (SSSR count). The van der Waals surface area contributed by atoms with Crippen LogP contribution in [0.3, 0.4) is 0 Å². The SMILES string of the molecule is C=CC(C/C=C/N(c1ccccc1)c1ccc(-c2ccccc2-c2ccccc2)cc1)c1ccccc1. The zero-order chi connectivity index (χ0) is 25.3. The van der Waals surface area contributed by atoms with Crippen LogP contribution in [0.1, 0.15) is 17.9 Å². The Labute approximate surface area is 220 Å². The summed E-state index contributed by atoms with van der Waals surface area (Å²) >= 11 is 0. The molecule has 0 bridgehead atoms. The summed E-state index contributed by atoms with van der Waals surface area (Å²) in [6.45, 7) is 4.07. The molecule has 0 fully saturated rings. The zero-order valence-corrected chi connectivity index (χ0v) is 20.9. The van der Waals surface area contributed by atoms with Crippen molar-refractivity contribution in [2.45, 2.75) is 12.3 Å². The monoisotopic (exact) mass is 477 g/mol. The Kier molecular flexibility index (Phi) is 7.73. The van der Waals surface area contributed by atoms with Crippen LogP contribution in [0.4, 0.5) is 11.4 Å². The van der Waals surface area contributed by atoms with Gasteiger partial charge in [-0.3, -0.25) is 0 Å². The molecule has 0 spiro atoms. The third kappa shape index (κ3) is 5.79. The highest BCUT2D eigenvalue weighted by atomic mass is 15.1. The van der Waals surface area contributed by atoms with Crippen LogP contribution in [0.25, 0.3) is 22.3 Å². The van der Waals surface area contributed by atoms with Crippen LogP contribution in [-0.4, -0.2) is 0 Å². The number of anilines is 2. The highest BCUT2D eigenvalue weighted by Crippen LogP contribution is 2.34. The molecule has 0 aliphatic carbocycles. The van der Waals surface area contributed by atoms with Gasteiger partial charge in [0.1, 0.15) is 0 Å². The van der Waals surface area contributed by atoms with Gasteiger partial charge in [0.2, 0.25) is 0 Å². The van der Waals surface area contributed by atoms with Gasteiger partial charge in [0, 0.05) is 23.5 Å². The molecule has 5 aromatic rings. The minimum Gasteiger partial charge on any atom is -0.318 e. The largest absolute Gasteiger partial charge is 0.318 e. The first-order valence-corrected chi connectivity index (χ1v) is 12.8. The molecule has 0 saturated carbocycles. The second-order valence-electron chi connectivity index (χ2n) is 9.04. The van der Waals surface area contributed by atoms with Crippen LogP contribution in [0.15, 0.2) is 164 Å². The first-order valence-electron chi connectivity index (χ1n) is 12.8. The van der Waals surface area contributed by atoms with Gasteiger partial charge in [-0.15, -0.1) is 6.58 Å². The van der Waals surface area contributed by atoms with Gasteiger partial charge in [-0.25, -0.2) is 0 Å². The lowest BCUT2D eigenvalue weighted by Gasteiger charge is -2.22. The minimum atomic E-state index is 0.284. The lowest BCUT2D eigenvalue weighted by atomic mass is 9.94. The first-order chi connectivity index (χ1) is 18.3. The molecule has 0 saturated heterocycles. The van der Waals surface area contributed by atoms with Crippen molar-refractivity contribution in [1.82, 2.24) is 0 Å². The van der Waals surface area contributed by atoms with Gasteiger partial charge in [0.05, 0.1) is 0 Å². The second kappa shape index (κ2) is 11.9. The van der Waals surface area contributed by atoms with E-state index in [4.69, 9.17) is 0 Å². The fourth-order valence-electron chi connectivity index (χ4n) is 4.70. The van der Waals surface area contributed by atoms with E-state index in [1.807, 2.05) is 6.08 Å². The molecule has 1 unspecified atom stereocenters. The average Bonchev–Trinajstić information content (AvgIpc) is 2.99. The van der Waals surface area contributed by atoms with Crippen LogP contribution in [0.5, 0.6) is 0 Å². The fourth-order valence-corrected chi connectivity index (χ4v) is 4.70. The molecule has 0 heterocycles. The highest BCUT2D eigenvalue weighted by Gasteiger charge is 2.10. The lowest BCUT2D eigenvalue weighted by Crippen LogP contribution is -2.08. The smallest absolute Gasteiger partial charge is 0.0455 e. The van der Waals surface area contributed by atoms with E-state index < -0.39 is 0 Å². The van der Waals surface area contributed by atoms with Crippen LogP contribution in [0, 0.1) is 0 Å². The standard InChI is InChI=1S/C36H31N/c1-2-29(30-15-6-3-7-16-30)19-14-28-37(33-20-10-5-11-21-33)34-26-24-32(25-27-34)36-23-13-12-22-35(36)31-17-8-4-9-18-31/h2-18,20-29H,1,19H2/b28-14+. The number of hydrogen-bond donors (Lipinski definition) is 0. The van der Waals surface area contributed by atoms with Gasteiger partial charge in [0.15, 0.2) is 0 Å². The molecular weight excluding hydrogens is 446 g/mol. The van der Waals surface area contributed by atoms with Gasteiger partial charge in [-0.2, -0.15) is 0 Å². The maximum Gasteiger partial charge on any atom is 0.0455 e. The lowest BCUT2D eigenvalue weighted by molar-refractivity contribution is 0.863. The summed E-state index contributed by atoms with van der Waals surface area (Å²) in [4.78, 5) is 2.25. The minimum absolute atomic E-state index is 0.284. The Hall–Kier alpha value is -4.62. The summed E-state index contributed by atoms with van der Waals surface area (Å²) in [6.07, 6.45) is 7.34. The Morgan fingerprint density at radius 3 is 1.62 bits per heavy atom. The van der Waals surface area contributed by atoms with E-state index in [0.717, 1.165) is 17.8 Å². The van der Waals surface area contributed by atoms with Crippen LogP contribution in [0.2, 0.25) is 0 Å². The van der Waals surface area contributed by atoms with Crippen molar-refractivity contribution in [3.63, 3.8) is 0 Å². The number of hydrogen-bond acceptors (Lipinski definition) is 1. The van der Waals surface area contributed by atoms with Crippen LogP contribution >= 0.6 is 0 Å². The highest BCUT2D eigenvalue weighted by molar-refractivity contribution is 5.84. The molecule has 37 heavy (non-hydrogen) atoms. The van der Waals surface area contributed by atoms with E-state index in [2.05, 4.69) is 163 Å². The van der Waals surface area contributed by atoms with Crippen molar-refractivity contribution in [3.8, 4) is 22.3 Å². The molecule has 1 heteroatoms. The Bertz CT molecular complexity index is 1440. The Balaban J connectivity index is 1.43. The van der Waals surface area contributed by atoms with E-state index in [0.29, 0.717) is 0 Å². The molecule has 0 aromatic heterocycles. The van der Waals surface area contributed by atoms with Crippen LogP contribution < -0.4 is 4.90 Å². The summed E-state index contributed by atoms with van der Waals surface area (Å²) < 4.78 is 0. The number of nitrogens with zero attached hydrogens (tertiary/aromatic N) is 1. The molecule has 0 aliphatic heterocycles. The van der Waals surface area contributed by atoms with Crippen molar-refractivity contribution in [2.24, 2.45) is 0 Å². The zero-order valence-electron chi connectivity index (χ0n) is 20.9. The predicted octanol–water partition coefficient (Wildman–Crippen LogP) is 10.0. The summed E-state index contributed by atoms with van der Waals surface area (Å²) in [7, 11) is 0. The van der Waals surface area contributed by atoms with Gasteiger partial charge in [0.25, 0.3) is 0 Å². The molecule has 1 atom stereocenters. The third-order valence-electron chi connectivity index (χ3n) is 6.66. The van der Waals surface area contributed by atoms with Crippen molar-refractivity contribution in [1.29, 1.82) is 0 Å². The molecule has 0 amide bonds. The van der Waals surface area contributed by atoms with E-state index in [9.17, 15) is 0 Å². The van der Waals surface area contributed by atoms with Crippen molar-refractivity contribution in [3.05, 3.63) is 170 Å². The third-order valence-corrected chi connectivity index (χ3v) is 6.66. The molecule has 5 aromatic carbocycles. The number of allylic oxidation sites excluding steroid dienone is 2. The first kappa shape index (κ1) is 24.1. The van der Waals surface area contributed by atoms with Crippen LogP contribution in [-0.2, 0) is 0 Å². The van der Waals surface area contributed by atoms with Crippen molar-refractivity contribution in [2.75, 3.05) is 4.90 Å². The molecule has 0 aliphatic rings. The van der Waals surface area contributed by atoms with E-state index in [-0.39, 0.29) is 5.92 Å².